The van der Waals surface area contributed by atoms with Crippen LogP contribution in [0.2, 0.25) is 10.2 Å². The third kappa shape index (κ3) is 3.73. The maximum atomic E-state index is 11.9. The Hall–Kier alpha value is -0.520. The minimum absolute atomic E-state index is 0.0661. The predicted octanol–water partition coefficient (Wildman–Crippen LogP) is 3.26. The molecule has 1 aromatic heterocycles. The molecule has 1 saturated heterocycles. The average Bonchev–Trinajstić information content (AvgIpc) is 2.36. The van der Waals surface area contributed by atoms with Gasteiger partial charge in [-0.2, -0.15) is 11.8 Å². The molecule has 7 heteroatoms. The molecule has 2 rings (SSSR count). The summed E-state index contributed by atoms with van der Waals surface area (Å²) in [5.74, 6) is 2.95. The van der Waals surface area contributed by atoms with E-state index in [0.29, 0.717) is 12.3 Å². The van der Waals surface area contributed by atoms with Gasteiger partial charge in [-0.15, -0.1) is 0 Å². The zero-order chi connectivity index (χ0) is 13.0. The van der Waals surface area contributed by atoms with Gasteiger partial charge in [-0.25, -0.2) is 9.97 Å². The SMILES string of the molecule is O=C(CC1CCSCC1)Nc1ncnc(Cl)c1Cl. The van der Waals surface area contributed by atoms with Gasteiger partial charge in [-0.3, -0.25) is 4.79 Å². The Labute approximate surface area is 120 Å². The fourth-order valence-corrected chi connectivity index (χ4v) is 3.31. The first-order valence-corrected chi connectivity index (χ1v) is 7.61. The Morgan fingerprint density at radius 3 is 2.83 bits per heavy atom. The van der Waals surface area contributed by atoms with Gasteiger partial charge in [0.15, 0.2) is 11.0 Å². The molecule has 0 saturated carbocycles. The van der Waals surface area contributed by atoms with E-state index in [1.807, 2.05) is 11.8 Å². The number of halogens is 2. The summed E-state index contributed by atoms with van der Waals surface area (Å²) in [6.07, 6.45) is 3.98. The van der Waals surface area contributed by atoms with Crippen LogP contribution in [0.3, 0.4) is 0 Å². The number of amides is 1. The van der Waals surface area contributed by atoms with Crippen molar-refractivity contribution in [2.24, 2.45) is 5.92 Å². The molecule has 18 heavy (non-hydrogen) atoms. The summed E-state index contributed by atoms with van der Waals surface area (Å²) in [5.41, 5.74) is 0. The molecule has 0 unspecified atom stereocenters. The van der Waals surface area contributed by atoms with Crippen molar-refractivity contribution in [2.45, 2.75) is 19.3 Å². The van der Waals surface area contributed by atoms with Gasteiger partial charge in [0.2, 0.25) is 5.91 Å². The van der Waals surface area contributed by atoms with Crippen molar-refractivity contribution in [3.05, 3.63) is 16.5 Å². The minimum Gasteiger partial charge on any atom is -0.309 e. The first-order chi connectivity index (χ1) is 8.66. The zero-order valence-electron chi connectivity index (χ0n) is 9.66. The third-order valence-corrected chi connectivity index (χ3v) is 4.61. The number of anilines is 1. The largest absolute Gasteiger partial charge is 0.309 e. The number of aromatic nitrogens is 2. The van der Waals surface area contributed by atoms with E-state index < -0.39 is 0 Å². The molecule has 4 nitrogen and oxygen atoms in total. The maximum absolute atomic E-state index is 11.9. The molecule has 1 aromatic rings. The standard InChI is InChI=1S/C11H13Cl2N3OS/c12-9-10(13)14-6-15-11(9)16-8(17)5-7-1-3-18-4-2-7/h6-7H,1-5H2,(H,14,15,16,17). The van der Waals surface area contributed by atoms with E-state index in [1.165, 1.54) is 6.33 Å². The summed E-state index contributed by atoms with van der Waals surface area (Å²) < 4.78 is 0. The molecule has 0 aliphatic carbocycles. The number of hydrogen-bond donors (Lipinski definition) is 1. The molecule has 0 aromatic carbocycles. The van der Waals surface area contributed by atoms with Crippen LogP contribution in [-0.2, 0) is 4.79 Å². The highest BCUT2D eigenvalue weighted by atomic mass is 35.5. The lowest BCUT2D eigenvalue weighted by atomic mass is 9.98. The van der Waals surface area contributed by atoms with Crippen LogP contribution in [0.4, 0.5) is 5.82 Å². The molecular formula is C11H13Cl2N3OS. The van der Waals surface area contributed by atoms with E-state index in [9.17, 15) is 4.79 Å². The number of rotatable bonds is 3. The normalized spacial score (nSPS) is 16.6. The lowest BCUT2D eigenvalue weighted by Crippen LogP contribution is -2.20. The molecule has 1 fully saturated rings. The number of hydrogen-bond acceptors (Lipinski definition) is 4. The van der Waals surface area contributed by atoms with Crippen LogP contribution < -0.4 is 5.32 Å². The van der Waals surface area contributed by atoms with Gasteiger partial charge >= 0.3 is 0 Å². The van der Waals surface area contributed by atoms with Crippen LogP contribution >= 0.6 is 35.0 Å². The Bertz CT molecular complexity index is 438. The quantitative estimate of drug-likeness (QED) is 0.871. The molecule has 1 aliphatic heterocycles. The molecule has 0 spiro atoms. The smallest absolute Gasteiger partial charge is 0.225 e. The van der Waals surface area contributed by atoms with Crippen LogP contribution in [0.25, 0.3) is 0 Å². The number of nitrogens with one attached hydrogen (secondary N) is 1. The molecular weight excluding hydrogens is 293 g/mol. The van der Waals surface area contributed by atoms with Crippen LogP contribution in [-0.4, -0.2) is 27.4 Å². The van der Waals surface area contributed by atoms with Crippen LogP contribution in [0.15, 0.2) is 6.33 Å². The lowest BCUT2D eigenvalue weighted by molar-refractivity contribution is -0.117. The van der Waals surface area contributed by atoms with Crippen molar-refractivity contribution < 1.29 is 4.79 Å². The van der Waals surface area contributed by atoms with Gasteiger partial charge in [-0.05, 0) is 30.3 Å². The second kappa shape index (κ2) is 6.59. The van der Waals surface area contributed by atoms with E-state index in [1.54, 1.807) is 0 Å². The van der Waals surface area contributed by atoms with Crippen LogP contribution in [0, 0.1) is 5.92 Å². The van der Waals surface area contributed by atoms with Gasteiger partial charge in [-0.1, -0.05) is 23.2 Å². The van der Waals surface area contributed by atoms with Gasteiger partial charge in [0, 0.05) is 6.42 Å². The highest BCUT2D eigenvalue weighted by Gasteiger charge is 2.18. The molecule has 1 amide bonds. The number of nitrogens with zero attached hydrogens (tertiary/aromatic N) is 2. The van der Waals surface area contributed by atoms with E-state index in [2.05, 4.69) is 15.3 Å². The second-order valence-corrected chi connectivity index (χ2v) is 6.10. The summed E-state index contributed by atoms with van der Waals surface area (Å²) in [7, 11) is 0. The summed E-state index contributed by atoms with van der Waals surface area (Å²) >= 11 is 13.6. The molecule has 0 atom stereocenters. The van der Waals surface area contributed by atoms with E-state index in [4.69, 9.17) is 23.2 Å². The molecule has 1 aliphatic rings. The average molecular weight is 306 g/mol. The maximum Gasteiger partial charge on any atom is 0.225 e. The van der Waals surface area contributed by atoms with E-state index in [0.717, 1.165) is 24.3 Å². The summed E-state index contributed by atoms with van der Waals surface area (Å²) in [5, 5.41) is 3.02. The third-order valence-electron chi connectivity index (χ3n) is 2.82. The van der Waals surface area contributed by atoms with Crippen LogP contribution in [0.5, 0.6) is 0 Å². The highest BCUT2D eigenvalue weighted by Crippen LogP contribution is 2.28. The molecule has 98 valence electrons. The molecule has 2 heterocycles. The Morgan fingerprint density at radius 1 is 1.39 bits per heavy atom. The summed E-state index contributed by atoms with van der Waals surface area (Å²) in [6, 6.07) is 0. The molecule has 0 bridgehead atoms. The van der Waals surface area contributed by atoms with Crippen molar-refractivity contribution in [3.63, 3.8) is 0 Å². The number of thioether (sulfide) groups is 1. The van der Waals surface area contributed by atoms with Crippen molar-refractivity contribution in [3.8, 4) is 0 Å². The molecule has 0 radical (unpaired) electrons. The topological polar surface area (TPSA) is 54.9 Å². The van der Waals surface area contributed by atoms with E-state index >= 15 is 0 Å². The number of carbonyl (C=O) groups excluding carboxylic acids is 1. The minimum atomic E-state index is -0.0661. The fraction of sp³-hybridized carbons (Fsp3) is 0.545. The second-order valence-electron chi connectivity index (χ2n) is 4.14. The van der Waals surface area contributed by atoms with Crippen LogP contribution in [0.1, 0.15) is 19.3 Å². The van der Waals surface area contributed by atoms with Gasteiger partial charge in [0.25, 0.3) is 0 Å². The zero-order valence-corrected chi connectivity index (χ0v) is 12.0. The lowest BCUT2D eigenvalue weighted by Gasteiger charge is -2.20. The van der Waals surface area contributed by atoms with E-state index in [-0.39, 0.29) is 21.9 Å². The highest BCUT2D eigenvalue weighted by molar-refractivity contribution is 7.99. The van der Waals surface area contributed by atoms with Crippen molar-refractivity contribution >= 4 is 46.7 Å². The Kier molecular flexibility index (Phi) is 5.09. The molecule has 1 N–H and O–H groups in total. The van der Waals surface area contributed by atoms with Crippen molar-refractivity contribution in [1.82, 2.24) is 9.97 Å². The fourth-order valence-electron chi connectivity index (χ4n) is 1.83. The Balaban J connectivity index is 1.92. The Morgan fingerprint density at radius 2 is 2.11 bits per heavy atom. The summed E-state index contributed by atoms with van der Waals surface area (Å²) in [6.45, 7) is 0. The van der Waals surface area contributed by atoms with Gasteiger partial charge in [0.1, 0.15) is 11.3 Å². The number of carbonyl (C=O) groups is 1. The summed E-state index contributed by atoms with van der Waals surface area (Å²) in [4.78, 5) is 19.5. The van der Waals surface area contributed by atoms with Crippen molar-refractivity contribution in [2.75, 3.05) is 16.8 Å². The predicted molar refractivity (Wildman–Crippen MR) is 75.3 cm³/mol. The van der Waals surface area contributed by atoms with Gasteiger partial charge in [0.05, 0.1) is 0 Å². The monoisotopic (exact) mass is 305 g/mol. The van der Waals surface area contributed by atoms with Crippen molar-refractivity contribution in [1.29, 1.82) is 0 Å². The first kappa shape index (κ1) is 13.9. The van der Waals surface area contributed by atoms with Gasteiger partial charge < -0.3 is 5.32 Å². The first-order valence-electron chi connectivity index (χ1n) is 5.70.